The molecule has 3 rings (SSSR count). The molecule has 2 N–H and O–H groups in total. The highest BCUT2D eigenvalue weighted by Gasteiger charge is 2.24. The number of rotatable bonds is 4. The molecule has 1 aliphatic heterocycles. The maximum atomic E-state index is 6.42. The van der Waals surface area contributed by atoms with E-state index in [2.05, 4.69) is 37.3 Å². The van der Waals surface area contributed by atoms with E-state index in [4.69, 9.17) is 10.5 Å². The first-order valence-corrected chi connectivity index (χ1v) is 8.15. The zero-order chi connectivity index (χ0) is 13.9. The van der Waals surface area contributed by atoms with Crippen molar-refractivity contribution in [3.63, 3.8) is 0 Å². The lowest BCUT2D eigenvalue weighted by atomic mass is 9.87. The summed E-state index contributed by atoms with van der Waals surface area (Å²) in [6.45, 7) is 2.99. The minimum Gasteiger partial charge on any atom is -0.493 e. The van der Waals surface area contributed by atoms with Crippen LogP contribution in [0.5, 0.6) is 5.75 Å². The second-order valence-corrected chi connectivity index (χ2v) is 6.57. The lowest BCUT2D eigenvalue weighted by Crippen LogP contribution is -2.19. The van der Waals surface area contributed by atoms with Gasteiger partial charge in [0.15, 0.2) is 0 Å². The fraction of sp³-hybridized carbons (Fsp3) is 0.412. The predicted molar refractivity (Wildman–Crippen MR) is 84.5 cm³/mol. The summed E-state index contributed by atoms with van der Waals surface area (Å²) < 4.78 is 5.72. The average Bonchev–Trinajstić information content (AvgIpc) is 2.97. The molecule has 3 heteroatoms. The second kappa shape index (κ2) is 5.98. The van der Waals surface area contributed by atoms with Crippen LogP contribution in [0.25, 0.3) is 0 Å². The van der Waals surface area contributed by atoms with Gasteiger partial charge in [0.05, 0.1) is 6.61 Å². The predicted octanol–water partition coefficient (Wildman–Crippen LogP) is 4.27. The van der Waals surface area contributed by atoms with E-state index in [1.807, 2.05) is 17.4 Å². The number of hydrogen-bond donors (Lipinski definition) is 1. The van der Waals surface area contributed by atoms with Crippen molar-refractivity contribution in [2.75, 3.05) is 6.61 Å². The van der Waals surface area contributed by atoms with Gasteiger partial charge < -0.3 is 10.5 Å². The summed E-state index contributed by atoms with van der Waals surface area (Å²) in [7, 11) is 0. The highest BCUT2D eigenvalue weighted by molar-refractivity contribution is 7.12. The third-order valence-electron chi connectivity index (χ3n) is 4.02. The number of aryl methyl sites for hydroxylation is 1. The molecule has 0 spiro atoms. The van der Waals surface area contributed by atoms with Crippen molar-refractivity contribution >= 4 is 11.3 Å². The van der Waals surface area contributed by atoms with Crippen LogP contribution in [0, 0.1) is 0 Å². The Kier molecular flexibility index (Phi) is 4.08. The van der Waals surface area contributed by atoms with Gasteiger partial charge in [0.1, 0.15) is 5.75 Å². The van der Waals surface area contributed by atoms with E-state index < -0.39 is 0 Å². The van der Waals surface area contributed by atoms with Crippen molar-refractivity contribution in [1.29, 1.82) is 0 Å². The molecule has 20 heavy (non-hydrogen) atoms. The normalized spacial score (nSPS) is 19.2. The van der Waals surface area contributed by atoms with Crippen LogP contribution in [0.15, 0.2) is 36.4 Å². The molecule has 0 fully saturated rings. The van der Waals surface area contributed by atoms with Gasteiger partial charge in [0.2, 0.25) is 0 Å². The van der Waals surface area contributed by atoms with Crippen LogP contribution in [-0.4, -0.2) is 6.61 Å². The van der Waals surface area contributed by atoms with Crippen LogP contribution in [0.1, 0.15) is 47.0 Å². The molecule has 1 aliphatic rings. The zero-order valence-corrected chi connectivity index (χ0v) is 12.7. The minimum absolute atomic E-state index is 0.136. The first-order valence-electron chi connectivity index (χ1n) is 7.34. The highest BCUT2D eigenvalue weighted by atomic mass is 32.1. The Labute approximate surface area is 124 Å². The Morgan fingerprint density at radius 3 is 2.95 bits per heavy atom. The largest absolute Gasteiger partial charge is 0.493 e. The summed E-state index contributed by atoms with van der Waals surface area (Å²) in [6.07, 6.45) is 3.16. The van der Waals surface area contributed by atoms with E-state index in [1.165, 1.54) is 15.3 Å². The molecule has 0 saturated carbocycles. The van der Waals surface area contributed by atoms with Crippen LogP contribution in [0.3, 0.4) is 0 Å². The molecule has 0 bridgehead atoms. The molecule has 0 aliphatic carbocycles. The molecule has 2 atom stereocenters. The third kappa shape index (κ3) is 2.74. The number of nitrogens with two attached hydrogens (primary N) is 1. The van der Waals surface area contributed by atoms with Gasteiger partial charge in [-0.1, -0.05) is 25.1 Å². The first kappa shape index (κ1) is 13.7. The van der Waals surface area contributed by atoms with Crippen molar-refractivity contribution in [3.05, 3.63) is 51.7 Å². The van der Waals surface area contributed by atoms with Crippen molar-refractivity contribution in [2.45, 2.75) is 38.1 Å². The molecule has 0 amide bonds. The molecule has 1 aromatic heterocycles. The Hall–Kier alpha value is -1.32. The van der Waals surface area contributed by atoms with Gasteiger partial charge in [-0.2, -0.15) is 0 Å². The lowest BCUT2D eigenvalue weighted by molar-refractivity contribution is 0.259. The number of ether oxygens (including phenoxy) is 1. The Balaban J connectivity index is 1.75. The van der Waals surface area contributed by atoms with Crippen molar-refractivity contribution < 1.29 is 4.74 Å². The molecule has 0 saturated heterocycles. The van der Waals surface area contributed by atoms with E-state index in [1.54, 1.807) is 0 Å². The smallest absolute Gasteiger partial charge is 0.122 e. The topological polar surface area (TPSA) is 35.2 Å². The molecule has 2 heterocycles. The van der Waals surface area contributed by atoms with Gasteiger partial charge in [0.25, 0.3) is 0 Å². The van der Waals surface area contributed by atoms with Gasteiger partial charge in [-0.3, -0.25) is 0 Å². The van der Waals surface area contributed by atoms with E-state index in [-0.39, 0.29) is 6.04 Å². The molecular formula is C17H21NOS. The third-order valence-corrected chi connectivity index (χ3v) is 5.38. The van der Waals surface area contributed by atoms with Gasteiger partial charge in [-0.25, -0.2) is 0 Å². The van der Waals surface area contributed by atoms with Crippen LogP contribution in [0.2, 0.25) is 0 Å². The molecule has 0 radical (unpaired) electrons. The summed E-state index contributed by atoms with van der Waals surface area (Å²) in [5.74, 6) is 1.55. The quantitative estimate of drug-likeness (QED) is 0.911. The summed E-state index contributed by atoms with van der Waals surface area (Å²) in [4.78, 5) is 2.73. The monoisotopic (exact) mass is 287 g/mol. The van der Waals surface area contributed by atoms with Crippen LogP contribution >= 0.6 is 11.3 Å². The second-order valence-electron chi connectivity index (χ2n) is 5.37. The van der Waals surface area contributed by atoms with E-state index in [0.717, 1.165) is 31.6 Å². The van der Waals surface area contributed by atoms with Crippen LogP contribution in [0.4, 0.5) is 0 Å². The Morgan fingerprint density at radius 1 is 1.30 bits per heavy atom. The van der Waals surface area contributed by atoms with Gasteiger partial charge in [-0.15, -0.1) is 11.3 Å². The van der Waals surface area contributed by atoms with E-state index >= 15 is 0 Å². The van der Waals surface area contributed by atoms with Crippen LogP contribution < -0.4 is 10.5 Å². The number of thiophene rings is 1. The lowest BCUT2D eigenvalue weighted by Gasteiger charge is -2.27. The number of fused-ring (bicyclic) bond motifs is 1. The summed E-state index contributed by atoms with van der Waals surface area (Å²) in [6, 6.07) is 12.9. The minimum atomic E-state index is 0.136. The molecular weight excluding hydrogens is 266 g/mol. The Morgan fingerprint density at radius 2 is 2.15 bits per heavy atom. The van der Waals surface area contributed by atoms with Gasteiger partial charge in [-0.05, 0) is 48.9 Å². The standard InChI is InChI=1S/C17H21NOS/c1-2-13-7-8-17(20-13)15(18)11-12-9-10-19-16-6-4-3-5-14(12)16/h3-8,12,15H,2,9-11,18H2,1H3. The highest BCUT2D eigenvalue weighted by Crippen LogP contribution is 2.39. The SMILES string of the molecule is CCc1ccc(C(N)CC2CCOc3ccccc32)s1. The fourth-order valence-electron chi connectivity index (χ4n) is 2.87. The summed E-state index contributed by atoms with van der Waals surface area (Å²) >= 11 is 1.85. The van der Waals surface area contributed by atoms with Crippen molar-refractivity contribution in [1.82, 2.24) is 0 Å². The first-order chi connectivity index (χ1) is 9.78. The maximum Gasteiger partial charge on any atom is 0.122 e. The van der Waals surface area contributed by atoms with Gasteiger partial charge >= 0.3 is 0 Å². The molecule has 2 aromatic rings. The summed E-state index contributed by atoms with van der Waals surface area (Å²) in [5.41, 5.74) is 7.74. The van der Waals surface area contributed by atoms with E-state index in [9.17, 15) is 0 Å². The fourth-order valence-corrected chi connectivity index (χ4v) is 3.83. The zero-order valence-electron chi connectivity index (χ0n) is 11.8. The number of benzene rings is 1. The number of hydrogen-bond acceptors (Lipinski definition) is 3. The maximum absolute atomic E-state index is 6.42. The van der Waals surface area contributed by atoms with Gasteiger partial charge in [0, 0.05) is 15.8 Å². The average molecular weight is 287 g/mol. The molecule has 106 valence electrons. The van der Waals surface area contributed by atoms with E-state index in [0.29, 0.717) is 5.92 Å². The Bertz CT molecular complexity index is 578. The molecule has 1 aromatic carbocycles. The molecule has 2 nitrogen and oxygen atoms in total. The number of para-hydroxylation sites is 1. The van der Waals surface area contributed by atoms with Crippen molar-refractivity contribution in [2.24, 2.45) is 5.73 Å². The summed E-state index contributed by atoms with van der Waals surface area (Å²) in [5, 5.41) is 0. The van der Waals surface area contributed by atoms with Crippen LogP contribution in [-0.2, 0) is 6.42 Å². The van der Waals surface area contributed by atoms with Crippen molar-refractivity contribution in [3.8, 4) is 5.75 Å². The molecule has 2 unspecified atom stereocenters.